The first kappa shape index (κ1) is 12.6. The molecule has 0 bridgehead atoms. The minimum Gasteiger partial charge on any atom is -0.477 e. The van der Waals surface area contributed by atoms with Crippen LogP contribution in [0.1, 0.15) is 23.1 Å². The van der Waals surface area contributed by atoms with Crippen LogP contribution in [0.15, 0.2) is 18.2 Å². The molecule has 5 heteroatoms. The van der Waals surface area contributed by atoms with Gasteiger partial charge in [-0.3, -0.25) is 0 Å². The number of rotatable bonds is 7. The Balaban J connectivity index is 2.36. The molecule has 0 fully saturated rings. The van der Waals surface area contributed by atoms with E-state index in [1.807, 2.05) is 6.92 Å². The number of pyridine rings is 1. The lowest BCUT2D eigenvalue weighted by atomic mass is 10.3. The van der Waals surface area contributed by atoms with Crippen LogP contribution in [0.3, 0.4) is 0 Å². The molecule has 5 nitrogen and oxygen atoms in total. The second-order valence-corrected chi connectivity index (χ2v) is 3.19. The molecule has 2 N–H and O–H groups in total. The fourth-order valence-corrected chi connectivity index (χ4v) is 1.20. The first-order valence-corrected chi connectivity index (χ1v) is 5.21. The third kappa shape index (κ3) is 4.37. The van der Waals surface area contributed by atoms with Crippen LogP contribution in [0, 0.1) is 0 Å². The number of carboxylic acids is 1. The van der Waals surface area contributed by atoms with Crippen molar-refractivity contribution >= 4 is 5.97 Å². The lowest BCUT2D eigenvalue weighted by Gasteiger charge is -2.04. The van der Waals surface area contributed by atoms with Crippen LogP contribution >= 0.6 is 0 Å². The first-order chi connectivity index (χ1) is 7.74. The molecule has 1 aromatic rings. The molecule has 88 valence electrons. The monoisotopic (exact) mass is 224 g/mol. The Kier molecular flexibility index (Phi) is 5.45. The second kappa shape index (κ2) is 6.92. The maximum absolute atomic E-state index is 10.7. The molecule has 0 saturated heterocycles. The van der Waals surface area contributed by atoms with E-state index in [2.05, 4.69) is 10.3 Å². The third-order valence-corrected chi connectivity index (χ3v) is 1.96. The van der Waals surface area contributed by atoms with Crippen molar-refractivity contribution in [3.8, 4) is 0 Å². The van der Waals surface area contributed by atoms with Gasteiger partial charge in [0, 0.05) is 19.7 Å². The van der Waals surface area contributed by atoms with Gasteiger partial charge in [0.2, 0.25) is 0 Å². The Morgan fingerprint density at radius 2 is 2.38 bits per heavy atom. The molecular weight excluding hydrogens is 208 g/mol. The van der Waals surface area contributed by atoms with Gasteiger partial charge in [-0.15, -0.1) is 0 Å². The van der Waals surface area contributed by atoms with E-state index in [0.717, 1.165) is 12.2 Å². The van der Waals surface area contributed by atoms with Crippen LogP contribution in [-0.2, 0) is 11.3 Å². The zero-order valence-corrected chi connectivity index (χ0v) is 9.27. The number of hydrogen-bond donors (Lipinski definition) is 2. The van der Waals surface area contributed by atoms with Crippen molar-refractivity contribution in [2.24, 2.45) is 0 Å². The van der Waals surface area contributed by atoms with Gasteiger partial charge in [0.25, 0.3) is 0 Å². The number of nitrogens with zero attached hydrogens (tertiary/aromatic N) is 1. The number of aromatic carboxylic acids is 1. The summed E-state index contributed by atoms with van der Waals surface area (Å²) < 4.78 is 5.16. The molecule has 0 atom stereocenters. The summed E-state index contributed by atoms with van der Waals surface area (Å²) in [5, 5.41) is 11.9. The van der Waals surface area contributed by atoms with Crippen LogP contribution < -0.4 is 5.32 Å². The lowest BCUT2D eigenvalue weighted by molar-refractivity contribution is 0.0690. The Hall–Kier alpha value is -1.46. The van der Waals surface area contributed by atoms with Crippen LogP contribution in [0.5, 0.6) is 0 Å². The van der Waals surface area contributed by atoms with Crippen molar-refractivity contribution in [3.63, 3.8) is 0 Å². The Bertz CT molecular complexity index is 342. The van der Waals surface area contributed by atoms with Crippen molar-refractivity contribution in [3.05, 3.63) is 29.6 Å². The normalized spacial score (nSPS) is 10.3. The number of ether oxygens (including phenoxy) is 1. The Morgan fingerprint density at radius 3 is 3.06 bits per heavy atom. The van der Waals surface area contributed by atoms with Gasteiger partial charge in [0.1, 0.15) is 5.69 Å². The molecule has 0 radical (unpaired) electrons. The summed E-state index contributed by atoms with van der Waals surface area (Å²) in [6.07, 6.45) is 0. The van der Waals surface area contributed by atoms with Gasteiger partial charge in [-0.25, -0.2) is 9.78 Å². The van der Waals surface area contributed by atoms with Crippen LogP contribution in [0.4, 0.5) is 0 Å². The van der Waals surface area contributed by atoms with Crippen LogP contribution in [-0.4, -0.2) is 35.8 Å². The first-order valence-electron chi connectivity index (χ1n) is 5.21. The minimum atomic E-state index is -1.00. The maximum Gasteiger partial charge on any atom is 0.354 e. The van der Waals surface area contributed by atoms with Gasteiger partial charge in [0.05, 0.1) is 12.3 Å². The minimum absolute atomic E-state index is 0.0732. The smallest absolute Gasteiger partial charge is 0.354 e. The molecule has 0 aliphatic rings. The van der Waals surface area contributed by atoms with E-state index in [0.29, 0.717) is 19.8 Å². The van der Waals surface area contributed by atoms with Crippen molar-refractivity contribution < 1.29 is 14.6 Å². The fraction of sp³-hybridized carbons (Fsp3) is 0.455. The molecule has 0 saturated carbocycles. The molecule has 0 aliphatic carbocycles. The maximum atomic E-state index is 10.7. The summed E-state index contributed by atoms with van der Waals surface area (Å²) in [7, 11) is 0. The number of nitrogens with one attached hydrogen (secondary N) is 1. The van der Waals surface area contributed by atoms with Gasteiger partial charge in [-0.05, 0) is 19.1 Å². The summed E-state index contributed by atoms with van der Waals surface area (Å²) in [4.78, 5) is 14.7. The van der Waals surface area contributed by atoms with Crippen LogP contribution in [0.25, 0.3) is 0 Å². The van der Waals surface area contributed by atoms with Crippen molar-refractivity contribution in [1.29, 1.82) is 0 Å². The molecular formula is C11H16N2O3. The zero-order chi connectivity index (χ0) is 11.8. The number of aromatic nitrogens is 1. The summed E-state index contributed by atoms with van der Waals surface area (Å²) >= 11 is 0. The molecule has 0 aliphatic heterocycles. The zero-order valence-electron chi connectivity index (χ0n) is 9.27. The van der Waals surface area contributed by atoms with Crippen molar-refractivity contribution in [2.75, 3.05) is 19.8 Å². The molecule has 0 amide bonds. The fourth-order valence-electron chi connectivity index (χ4n) is 1.20. The molecule has 0 spiro atoms. The highest BCUT2D eigenvalue weighted by Crippen LogP contribution is 1.99. The van der Waals surface area contributed by atoms with Crippen molar-refractivity contribution in [1.82, 2.24) is 10.3 Å². The predicted molar refractivity (Wildman–Crippen MR) is 59.4 cm³/mol. The Labute approximate surface area is 94.5 Å². The summed E-state index contributed by atoms with van der Waals surface area (Å²) in [5.74, 6) is -1.00. The molecule has 1 heterocycles. The quantitative estimate of drug-likeness (QED) is 0.673. The molecule has 0 aromatic carbocycles. The SMILES string of the molecule is CCOCCNCc1cccc(C(=O)O)n1. The van der Waals surface area contributed by atoms with Crippen molar-refractivity contribution in [2.45, 2.75) is 13.5 Å². The average molecular weight is 224 g/mol. The van der Waals surface area contributed by atoms with E-state index < -0.39 is 5.97 Å². The number of carboxylic acid groups (broad SMARTS) is 1. The molecule has 16 heavy (non-hydrogen) atoms. The summed E-state index contributed by atoms with van der Waals surface area (Å²) in [6.45, 7) is 4.57. The van der Waals surface area contributed by atoms with E-state index in [-0.39, 0.29) is 5.69 Å². The molecule has 1 rings (SSSR count). The summed E-state index contributed by atoms with van der Waals surface area (Å²) in [5.41, 5.74) is 0.792. The predicted octanol–water partition coefficient (Wildman–Crippen LogP) is 0.906. The average Bonchev–Trinajstić information content (AvgIpc) is 2.29. The van der Waals surface area contributed by atoms with Gasteiger partial charge >= 0.3 is 5.97 Å². The van der Waals surface area contributed by atoms with E-state index in [9.17, 15) is 4.79 Å². The van der Waals surface area contributed by atoms with Gasteiger partial charge < -0.3 is 15.2 Å². The van der Waals surface area contributed by atoms with E-state index in [1.165, 1.54) is 6.07 Å². The van der Waals surface area contributed by atoms with Gasteiger partial charge in [-0.1, -0.05) is 6.07 Å². The number of carbonyl (C=O) groups is 1. The second-order valence-electron chi connectivity index (χ2n) is 3.19. The Morgan fingerprint density at radius 1 is 1.56 bits per heavy atom. The highest BCUT2D eigenvalue weighted by atomic mass is 16.5. The highest BCUT2D eigenvalue weighted by molar-refractivity contribution is 5.85. The highest BCUT2D eigenvalue weighted by Gasteiger charge is 2.04. The standard InChI is InChI=1S/C11H16N2O3/c1-2-16-7-6-12-8-9-4-3-5-10(13-9)11(14)15/h3-5,12H,2,6-8H2,1H3,(H,14,15). The topological polar surface area (TPSA) is 71.5 Å². The largest absolute Gasteiger partial charge is 0.477 e. The molecule has 1 aromatic heterocycles. The molecule has 0 unspecified atom stereocenters. The van der Waals surface area contributed by atoms with E-state index >= 15 is 0 Å². The summed E-state index contributed by atoms with van der Waals surface area (Å²) in [6, 6.07) is 4.96. The number of hydrogen-bond acceptors (Lipinski definition) is 4. The van der Waals surface area contributed by atoms with E-state index in [4.69, 9.17) is 9.84 Å². The van der Waals surface area contributed by atoms with E-state index in [1.54, 1.807) is 12.1 Å². The lowest BCUT2D eigenvalue weighted by Crippen LogP contribution is -2.20. The van der Waals surface area contributed by atoms with Crippen LogP contribution in [0.2, 0.25) is 0 Å². The third-order valence-electron chi connectivity index (χ3n) is 1.96. The van der Waals surface area contributed by atoms with Gasteiger partial charge in [-0.2, -0.15) is 0 Å². The van der Waals surface area contributed by atoms with Gasteiger partial charge in [0.15, 0.2) is 0 Å².